The molecule has 1 aromatic rings. The summed E-state index contributed by atoms with van der Waals surface area (Å²) in [5.74, 6) is 1.14. The largest absolute Gasteiger partial charge is 0.338 e. The monoisotopic (exact) mass is 261 g/mol. The van der Waals surface area contributed by atoms with E-state index in [2.05, 4.69) is 32.3 Å². The Hall–Kier alpha value is -1.38. The molecule has 0 radical (unpaired) electrons. The molecule has 1 fully saturated rings. The molecule has 5 heteroatoms. The molecule has 0 N–H and O–H groups in total. The first-order valence-corrected chi connectivity index (χ1v) is 7.06. The summed E-state index contributed by atoms with van der Waals surface area (Å²) in [6.45, 7) is 7.27. The van der Waals surface area contributed by atoms with Crippen molar-refractivity contribution >= 4 is 0 Å². The van der Waals surface area contributed by atoms with Crippen LogP contribution in [0.25, 0.3) is 0 Å². The Morgan fingerprint density at radius 2 is 2.11 bits per heavy atom. The van der Waals surface area contributed by atoms with E-state index >= 15 is 0 Å². The molecule has 1 saturated heterocycles. The van der Waals surface area contributed by atoms with Crippen LogP contribution in [0.15, 0.2) is 12.4 Å². The van der Waals surface area contributed by atoms with E-state index in [9.17, 15) is 0 Å². The van der Waals surface area contributed by atoms with E-state index in [4.69, 9.17) is 5.26 Å². The molecule has 0 saturated carbocycles. The number of rotatable bonds is 5. The maximum absolute atomic E-state index is 9.09. The maximum atomic E-state index is 9.09. The van der Waals surface area contributed by atoms with Gasteiger partial charge in [0, 0.05) is 58.6 Å². The average Bonchev–Trinajstić information content (AvgIpc) is 2.85. The molecule has 1 aromatic heterocycles. The van der Waals surface area contributed by atoms with Gasteiger partial charge in [-0.15, -0.1) is 0 Å². The molecule has 0 aliphatic carbocycles. The summed E-state index contributed by atoms with van der Waals surface area (Å²) in [7, 11) is 2.04. The number of hydrogen-bond donors (Lipinski definition) is 0. The number of hydrogen-bond acceptors (Lipinski definition) is 4. The van der Waals surface area contributed by atoms with Crippen molar-refractivity contribution in [3.05, 3.63) is 18.2 Å². The standard InChI is InChI=1S/C14H23N5/c1-3-13(12-15)19-10-8-18(9-11-19)6-4-14-16-5-7-17(14)2/h5,7,13H,3-4,6,8-11H2,1-2H3. The predicted molar refractivity (Wildman–Crippen MR) is 74.6 cm³/mol. The molecule has 2 heterocycles. The third-order valence-corrected chi connectivity index (χ3v) is 3.96. The lowest BCUT2D eigenvalue weighted by atomic mass is 10.2. The smallest absolute Gasteiger partial charge is 0.109 e. The Labute approximate surface area is 115 Å². The van der Waals surface area contributed by atoms with Gasteiger partial charge in [-0.3, -0.25) is 4.90 Å². The minimum atomic E-state index is 0.0942. The van der Waals surface area contributed by atoms with E-state index in [-0.39, 0.29) is 6.04 Å². The minimum Gasteiger partial charge on any atom is -0.338 e. The van der Waals surface area contributed by atoms with Crippen molar-refractivity contribution in [2.24, 2.45) is 7.05 Å². The first-order valence-electron chi connectivity index (χ1n) is 7.06. The molecule has 0 bridgehead atoms. The fourth-order valence-corrected chi connectivity index (χ4v) is 2.63. The van der Waals surface area contributed by atoms with Crippen LogP contribution in [0.4, 0.5) is 0 Å². The van der Waals surface area contributed by atoms with Gasteiger partial charge >= 0.3 is 0 Å². The molecule has 19 heavy (non-hydrogen) atoms. The summed E-state index contributed by atoms with van der Waals surface area (Å²) in [5.41, 5.74) is 0. The van der Waals surface area contributed by atoms with Gasteiger partial charge in [0.15, 0.2) is 0 Å². The molecule has 1 unspecified atom stereocenters. The molecule has 2 rings (SSSR count). The summed E-state index contributed by atoms with van der Waals surface area (Å²) >= 11 is 0. The van der Waals surface area contributed by atoms with Gasteiger partial charge in [0.2, 0.25) is 0 Å². The summed E-state index contributed by atoms with van der Waals surface area (Å²) in [6, 6.07) is 2.49. The highest BCUT2D eigenvalue weighted by atomic mass is 15.3. The molecule has 1 aliphatic heterocycles. The maximum Gasteiger partial charge on any atom is 0.109 e. The van der Waals surface area contributed by atoms with Gasteiger partial charge in [-0.1, -0.05) is 6.92 Å². The molecule has 1 aliphatic rings. The molecular weight excluding hydrogens is 238 g/mol. The SMILES string of the molecule is CCC(C#N)N1CCN(CCc2nccn2C)CC1. The molecule has 5 nitrogen and oxygen atoms in total. The third kappa shape index (κ3) is 3.55. The summed E-state index contributed by atoms with van der Waals surface area (Å²) < 4.78 is 2.08. The molecule has 104 valence electrons. The Morgan fingerprint density at radius 3 is 2.63 bits per heavy atom. The van der Waals surface area contributed by atoms with Crippen molar-refractivity contribution in [1.82, 2.24) is 19.4 Å². The van der Waals surface area contributed by atoms with Crippen molar-refractivity contribution in [2.45, 2.75) is 25.8 Å². The van der Waals surface area contributed by atoms with Gasteiger partial charge in [0.05, 0.1) is 12.1 Å². The van der Waals surface area contributed by atoms with Crippen LogP contribution in [0.5, 0.6) is 0 Å². The number of nitriles is 1. The first-order chi connectivity index (χ1) is 9.24. The average molecular weight is 261 g/mol. The zero-order chi connectivity index (χ0) is 13.7. The van der Waals surface area contributed by atoms with Crippen molar-refractivity contribution in [1.29, 1.82) is 5.26 Å². The molecule has 1 atom stereocenters. The highest BCUT2D eigenvalue weighted by molar-refractivity contribution is 4.94. The van der Waals surface area contributed by atoms with Gasteiger partial charge in [-0.25, -0.2) is 4.98 Å². The van der Waals surface area contributed by atoms with Crippen LogP contribution in [0.2, 0.25) is 0 Å². The number of piperazine rings is 1. The first kappa shape index (κ1) is 14.0. The molecule has 0 aromatic carbocycles. The van der Waals surface area contributed by atoms with Crippen molar-refractivity contribution in [2.75, 3.05) is 32.7 Å². The highest BCUT2D eigenvalue weighted by Gasteiger charge is 2.22. The van der Waals surface area contributed by atoms with Crippen LogP contribution < -0.4 is 0 Å². The fourth-order valence-electron chi connectivity index (χ4n) is 2.63. The van der Waals surface area contributed by atoms with E-state index in [1.54, 1.807) is 0 Å². The Kier molecular flexibility index (Phi) is 4.94. The molecular formula is C14H23N5. The predicted octanol–water partition coefficient (Wildman–Crippen LogP) is 0.882. The number of aromatic nitrogens is 2. The number of imidazole rings is 1. The second-order valence-corrected chi connectivity index (χ2v) is 5.14. The van der Waals surface area contributed by atoms with Crippen LogP contribution in [0, 0.1) is 11.3 Å². The topological polar surface area (TPSA) is 48.1 Å². The van der Waals surface area contributed by atoms with Gasteiger partial charge in [-0.05, 0) is 6.42 Å². The minimum absolute atomic E-state index is 0.0942. The lowest BCUT2D eigenvalue weighted by molar-refractivity contribution is 0.113. The Bertz CT molecular complexity index is 425. The normalized spacial score (nSPS) is 19.2. The van der Waals surface area contributed by atoms with E-state index in [1.165, 1.54) is 0 Å². The van der Waals surface area contributed by atoms with Crippen LogP contribution >= 0.6 is 0 Å². The van der Waals surface area contributed by atoms with Crippen LogP contribution in [0.1, 0.15) is 19.2 Å². The molecule has 0 spiro atoms. The van der Waals surface area contributed by atoms with E-state index < -0.39 is 0 Å². The quantitative estimate of drug-likeness (QED) is 0.789. The lowest BCUT2D eigenvalue weighted by Crippen LogP contribution is -2.50. The van der Waals surface area contributed by atoms with Gasteiger partial charge < -0.3 is 9.47 Å². The number of aryl methyl sites for hydroxylation is 1. The summed E-state index contributed by atoms with van der Waals surface area (Å²) in [6.07, 6.45) is 5.76. The fraction of sp³-hybridized carbons (Fsp3) is 0.714. The summed E-state index contributed by atoms with van der Waals surface area (Å²) in [5, 5.41) is 9.09. The zero-order valence-electron chi connectivity index (χ0n) is 11.9. The van der Waals surface area contributed by atoms with Crippen LogP contribution in [-0.2, 0) is 13.5 Å². The van der Waals surface area contributed by atoms with E-state index in [1.807, 2.05) is 19.4 Å². The van der Waals surface area contributed by atoms with Gasteiger partial charge in [0.25, 0.3) is 0 Å². The van der Waals surface area contributed by atoms with Gasteiger partial charge in [-0.2, -0.15) is 5.26 Å². The molecule has 0 amide bonds. The second-order valence-electron chi connectivity index (χ2n) is 5.14. The van der Waals surface area contributed by atoms with Crippen LogP contribution in [-0.4, -0.2) is 58.1 Å². The van der Waals surface area contributed by atoms with E-state index in [0.717, 1.165) is 51.4 Å². The van der Waals surface area contributed by atoms with E-state index in [0.29, 0.717) is 0 Å². The summed E-state index contributed by atoms with van der Waals surface area (Å²) in [4.78, 5) is 9.12. The van der Waals surface area contributed by atoms with Crippen molar-refractivity contribution in [3.8, 4) is 6.07 Å². The lowest BCUT2D eigenvalue weighted by Gasteiger charge is -2.36. The van der Waals surface area contributed by atoms with Crippen molar-refractivity contribution < 1.29 is 0 Å². The van der Waals surface area contributed by atoms with Crippen LogP contribution in [0.3, 0.4) is 0 Å². The zero-order valence-corrected chi connectivity index (χ0v) is 11.9. The highest BCUT2D eigenvalue weighted by Crippen LogP contribution is 2.09. The Balaban J connectivity index is 1.75. The Morgan fingerprint density at radius 1 is 1.37 bits per heavy atom. The number of nitrogens with zero attached hydrogens (tertiary/aromatic N) is 5. The third-order valence-electron chi connectivity index (χ3n) is 3.96. The van der Waals surface area contributed by atoms with Gasteiger partial charge in [0.1, 0.15) is 5.82 Å². The van der Waals surface area contributed by atoms with Crippen molar-refractivity contribution in [3.63, 3.8) is 0 Å². The second kappa shape index (κ2) is 6.69.